The minimum Gasteiger partial charge on any atom is -0.380 e. The maximum absolute atomic E-state index is 11.6. The van der Waals surface area contributed by atoms with Gasteiger partial charge in [0.05, 0.1) is 13.2 Å². The largest absolute Gasteiger partial charge is 0.380 e. The minimum absolute atomic E-state index is 0.166. The van der Waals surface area contributed by atoms with Crippen molar-refractivity contribution in [3.8, 4) is 0 Å². The molecule has 17 heavy (non-hydrogen) atoms. The van der Waals surface area contributed by atoms with Crippen molar-refractivity contribution in [2.45, 2.75) is 32.1 Å². The molecule has 0 aliphatic carbocycles. The number of ether oxygens (including phenoxy) is 1. The SMILES string of the molecule is O=C1CCOCC1CCCCc1ccccc1. The smallest absolute Gasteiger partial charge is 0.140 e. The average Bonchev–Trinajstić information content (AvgIpc) is 2.38. The number of hydrogen-bond donors (Lipinski definition) is 0. The van der Waals surface area contributed by atoms with Crippen LogP contribution in [0, 0.1) is 5.92 Å². The maximum atomic E-state index is 11.6. The molecule has 1 heterocycles. The summed E-state index contributed by atoms with van der Waals surface area (Å²) in [6.07, 6.45) is 5.00. The fraction of sp³-hybridized carbons (Fsp3) is 0.533. The normalized spacial score (nSPS) is 20.5. The van der Waals surface area contributed by atoms with Crippen LogP contribution in [-0.4, -0.2) is 19.0 Å². The second-order valence-corrected chi connectivity index (χ2v) is 4.72. The Morgan fingerprint density at radius 1 is 1.18 bits per heavy atom. The zero-order chi connectivity index (χ0) is 11.9. The van der Waals surface area contributed by atoms with Crippen LogP contribution in [0.1, 0.15) is 31.2 Å². The summed E-state index contributed by atoms with van der Waals surface area (Å²) in [5, 5.41) is 0. The summed E-state index contributed by atoms with van der Waals surface area (Å²) in [6.45, 7) is 1.27. The van der Waals surface area contributed by atoms with Crippen LogP contribution in [0.25, 0.3) is 0 Å². The van der Waals surface area contributed by atoms with Crippen molar-refractivity contribution in [3.63, 3.8) is 0 Å². The Bertz CT molecular complexity index is 345. The molecule has 1 atom stereocenters. The Kier molecular flexibility index (Phi) is 4.75. The molecule has 2 heteroatoms. The van der Waals surface area contributed by atoms with Crippen LogP contribution >= 0.6 is 0 Å². The number of Topliss-reactive ketones (excluding diaryl/α,β-unsaturated/α-hetero) is 1. The van der Waals surface area contributed by atoms with E-state index in [4.69, 9.17) is 4.74 Å². The van der Waals surface area contributed by atoms with Crippen LogP contribution in [-0.2, 0) is 16.0 Å². The fourth-order valence-corrected chi connectivity index (χ4v) is 2.30. The summed E-state index contributed by atoms with van der Waals surface area (Å²) >= 11 is 0. The summed E-state index contributed by atoms with van der Waals surface area (Å²) in [5.41, 5.74) is 1.39. The third kappa shape index (κ3) is 3.97. The number of carbonyl (C=O) groups is 1. The fourth-order valence-electron chi connectivity index (χ4n) is 2.30. The molecule has 0 saturated carbocycles. The van der Waals surface area contributed by atoms with Gasteiger partial charge < -0.3 is 4.74 Å². The summed E-state index contributed by atoms with van der Waals surface area (Å²) in [5.74, 6) is 0.565. The highest BCUT2D eigenvalue weighted by atomic mass is 16.5. The first-order valence-corrected chi connectivity index (χ1v) is 6.50. The van der Waals surface area contributed by atoms with Gasteiger partial charge in [0, 0.05) is 12.3 Å². The molecular formula is C15H20O2. The topological polar surface area (TPSA) is 26.3 Å². The zero-order valence-corrected chi connectivity index (χ0v) is 10.2. The van der Waals surface area contributed by atoms with E-state index in [1.165, 1.54) is 5.56 Å². The predicted octanol–water partition coefficient (Wildman–Crippen LogP) is 3.01. The Morgan fingerprint density at radius 2 is 2.00 bits per heavy atom. The maximum Gasteiger partial charge on any atom is 0.140 e. The second-order valence-electron chi connectivity index (χ2n) is 4.72. The molecule has 0 bridgehead atoms. The molecule has 2 rings (SSSR count). The van der Waals surface area contributed by atoms with Crippen LogP contribution in [0.15, 0.2) is 30.3 Å². The molecule has 1 aromatic carbocycles. The van der Waals surface area contributed by atoms with Gasteiger partial charge in [0.15, 0.2) is 0 Å². The number of rotatable bonds is 5. The zero-order valence-electron chi connectivity index (χ0n) is 10.2. The van der Waals surface area contributed by atoms with Crippen LogP contribution in [0.3, 0.4) is 0 Å². The molecule has 0 spiro atoms. The van der Waals surface area contributed by atoms with E-state index >= 15 is 0 Å². The number of unbranched alkanes of at least 4 members (excludes halogenated alkanes) is 1. The van der Waals surface area contributed by atoms with Crippen LogP contribution in [0.2, 0.25) is 0 Å². The van der Waals surface area contributed by atoms with E-state index < -0.39 is 0 Å². The molecule has 0 amide bonds. The van der Waals surface area contributed by atoms with Crippen molar-refractivity contribution < 1.29 is 9.53 Å². The Hall–Kier alpha value is -1.15. The highest BCUT2D eigenvalue weighted by Crippen LogP contribution is 2.17. The van der Waals surface area contributed by atoms with Crippen molar-refractivity contribution in [2.75, 3.05) is 13.2 Å². The van der Waals surface area contributed by atoms with Gasteiger partial charge in [0.2, 0.25) is 0 Å². The molecule has 0 radical (unpaired) electrons. The monoisotopic (exact) mass is 232 g/mol. The summed E-state index contributed by atoms with van der Waals surface area (Å²) in [6, 6.07) is 10.5. The van der Waals surface area contributed by atoms with E-state index in [9.17, 15) is 4.79 Å². The van der Waals surface area contributed by atoms with Gasteiger partial charge in [0.25, 0.3) is 0 Å². The summed E-state index contributed by atoms with van der Waals surface area (Å²) in [7, 11) is 0. The van der Waals surface area contributed by atoms with Gasteiger partial charge >= 0.3 is 0 Å². The predicted molar refractivity (Wildman–Crippen MR) is 67.9 cm³/mol. The highest BCUT2D eigenvalue weighted by molar-refractivity contribution is 5.81. The van der Waals surface area contributed by atoms with Gasteiger partial charge in [-0.3, -0.25) is 4.79 Å². The van der Waals surface area contributed by atoms with E-state index in [0.717, 1.165) is 25.7 Å². The standard InChI is InChI=1S/C15H20O2/c16-15-10-11-17-12-14(15)9-5-4-8-13-6-2-1-3-7-13/h1-3,6-7,14H,4-5,8-12H2. The van der Waals surface area contributed by atoms with Gasteiger partial charge in [-0.05, 0) is 24.8 Å². The molecule has 1 saturated heterocycles. The Morgan fingerprint density at radius 3 is 2.76 bits per heavy atom. The number of aryl methyl sites for hydroxylation is 1. The first-order valence-electron chi connectivity index (χ1n) is 6.50. The van der Waals surface area contributed by atoms with Crippen molar-refractivity contribution in [1.29, 1.82) is 0 Å². The third-order valence-corrected chi connectivity index (χ3v) is 3.38. The van der Waals surface area contributed by atoms with E-state index in [2.05, 4.69) is 24.3 Å². The van der Waals surface area contributed by atoms with Crippen molar-refractivity contribution in [3.05, 3.63) is 35.9 Å². The lowest BCUT2D eigenvalue weighted by Gasteiger charge is -2.20. The van der Waals surface area contributed by atoms with Crippen molar-refractivity contribution >= 4 is 5.78 Å². The van der Waals surface area contributed by atoms with Crippen LogP contribution in [0.5, 0.6) is 0 Å². The lowest BCUT2D eigenvalue weighted by atomic mass is 9.94. The van der Waals surface area contributed by atoms with Gasteiger partial charge in [-0.25, -0.2) is 0 Å². The molecule has 1 aromatic rings. The number of benzene rings is 1. The molecular weight excluding hydrogens is 212 g/mol. The Balaban J connectivity index is 1.64. The molecule has 1 fully saturated rings. The van der Waals surface area contributed by atoms with E-state index in [-0.39, 0.29) is 5.92 Å². The van der Waals surface area contributed by atoms with Gasteiger partial charge in [0.1, 0.15) is 5.78 Å². The van der Waals surface area contributed by atoms with Gasteiger partial charge in [-0.1, -0.05) is 36.8 Å². The highest BCUT2D eigenvalue weighted by Gasteiger charge is 2.21. The van der Waals surface area contributed by atoms with Crippen LogP contribution < -0.4 is 0 Å². The first-order chi connectivity index (χ1) is 8.36. The van der Waals surface area contributed by atoms with Gasteiger partial charge in [-0.15, -0.1) is 0 Å². The van der Waals surface area contributed by atoms with Crippen molar-refractivity contribution in [2.24, 2.45) is 5.92 Å². The van der Waals surface area contributed by atoms with Gasteiger partial charge in [-0.2, -0.15) is 0 Å². The summed E-state index contributed by atoms with van der Waals surface area (Å²) < 4.78 is 5.35. The average molecular weight is 232 g/mol. The van der Waals surface area contributed by atoms with E-state index in [1.54, 1.807) is 0 Å². The first kappa shape index (κ1) is 12.3. The van der Waals surface area contributed by atoms with E-state index in [1.807, 2.05) is 6.07 Å². The quantitative estimate of drug-likeness (QED) is 0.729. The van der Waals surface area contributed by atoms with Crippen molar-refractivity contribution in [1.82, 2.24) is 0 Å². The second kappa shape index (κ2) is 6.55. The lowest BCUT2D eigenvalue weighted by Crippen LogP contribution is -2.27. The Labute approximate surface area is 103 Å². The molecule has 2 nitrogen and oxygen atoms in total. The van der Waals surface area contributed by atoms with Crippen LogP contribution in [0.4, 0.5) is 0 Å². The molecule has 1 unspecified atom stereocenters. The lowest BCUT2D eigenvalue weighted by molar-refractivity contribution is -0.130. The molecule has 0 N–H and O–H groups in total. The molecule has 1 aliphatic rings. The number of ketones is 1. The minimum atomic E-state index is 0.166. The number of carbonyl (C=O) groups excluding carboxylic acids is 1. The molecule has 92 valence electrons. The van der Waals surface area contributed by atoms with E-state index in [0.29, 0.717) is 25.4 Å². The number of hydrogen-bond acceptors (Lipinski definition) is 2. The summed E-state index contributed by atoms with van der Waals surface area (Å²) in [4.78, 5) is 11.6. The molecule has 1 aliphatic heterocycles. The molecule has 0 aromatic heterocycles. The third-order valence-electron chi connectivity index (χ3n) is 3.38.